The zero-order valence-electron chi connectivity index (χ0n) is 10.5. The fourth-order valence-electron chi connectivity index (χ4n) is 3.10. The number of nitrogens with zero attached hydrogens (tertiary/aromatic N) is 1. The summed E-state index contributed by atoms with van der Waals surface area (Å²) in [5.74, 6) is 0. The summed E-state index contributed by atoms with van der Waals surface area (Å²) in [6.45, 7) is 4.83. The second-order valence-electron chi connectivity index (χ2n) is 5.40. The van der Waals surface area contributed by atoms with Gasteiger partial charge in [-0.1, -0.05) is 30.7 Å². The smallest absolute Gasteiger partial charge is 0.0237 e. The Morgan fingerprint density at radius 2 is 2.06 bits per heavy atom. The average molecular weight is 230 g/mol. The summed E-state index contributed by atoms with van der Waals surface area (Å²) in [6, 6.07) is 9.63. The number of fused-ring (bicyclic) bond motifs is 1. The lowest BCUT2D eigenvalue weighted by Gasteiger charge is -2.33. The van der Waals surface area contributed by atoms with Crippen LogP contribution in [0.2, 0.25) is 0 Å². The molecular formula is C15H22N2. The van der Waals surface area contributed by atoms with Gasteiger partial charge in [0.2, 0.25) is 0 Å². The molecule has 0 bridgehead atoms. The van der Waals surface area contributed by atoms with Gasteiger partial charge in [0.1, 0.15) is 0 Å². The molecule has 17 heavy (non-hydrogen) atoms. The Labute approximate surface area is 104 Å². The monoisotopic (exact) mass is 230 g/mol. The van der Waals surface area contributed by atoms with Gasteiger partial charge in [-0.05, 0) is 36.9 Å². The summed E-state index contributed by atoms with van der Waals surface area (Å²) in [5.41, 5.74) is 3.09. The molecule has 0 aromatic heterocycles. The molecule has 0 amide bonds. The van der Waals surface area contributed by atoms with E-state index in [9.17, 15) is 0 Å². The maximum Gasteiger partial charge on any atom is 0.0237 e. The van der Waals surface area contributed by atoms with Gasteiger partial charge in [-0.15, -0.1) is 0 Å². The highest BCUT2D eigenvalue weighted by atomic mass is 15.2. The van der Waals surface area contributed by atoms with Crippen LogP contribution >= 0.6 is 0 Å². The lowest BCUT2D eigenvalue weighted by atomic mass is 9.98. The molecule has 1 atom stereocenters. The standard InChI is InChI=1S/C15H22N2/c1-2-6-14-11-17(10-8-13(14)5-1)12-15-7-3-4-9-16-15/h1-2,5-6,15-16H,3-4,7-12H2/t15-/m1/s1. The molecule has 1 aromatic carbocycles. The molecule has 2 aliphatic rings. The van der Waals surface area contributed by atoms with Crippen LogP contribution in [0.3, 0.4) is 0 Å². The Morgan fingerprint density at radius 1 is 1.18 bits per heavy atom. The van der Waals surface area contributed by atoms with E-state index in [1.807, 2.05) is 0 Å². The van der Waals surface area contributed by atoms with E-state index in [4.69, 9.17) is 0 Å². The summed E-state index contributed by atoms with van der Waals surface area (Å²) in [6.07, 6.45) is 5.35. The molecule has 2 heterocycles. The topological polar surface area (TPSA) is 15.3 Å². The second-order valence-corrected chi connectivity index (χ2v) is 5.40. The van der Waals surface area contributed by atoms with Gasteiger partial charge in [0.05, 0.1) is 0 Å². The van der Waals surface area contributed by atoms with E-state index in [0.717, 1.165) is 12.6 Å². The van der Waals surface area contributed by atoms with Crippen LogP contribution in [-0.4, -0.2) is 30.6 Å². The van der Waals surface area contributed by atoms with Gasteiger partial charge in [-0.3, -0.25) is 4.90 Å². The Bertz CT molecular complexity index is 369. The average Bonchev–Trinajstić information content (AvgIpc) is 2.40. The number of hydrogen-bond acceptors (Lipinski definition) is 2. The van der Waals surface area contributed by atoms with Crippen molar-refractivity contribution < 1.29 is 0 Å². The predicted octanol–water partition coefficient (Wildman–Crippen LogP) is 2.19. The fourth-order valence-corrected chi connectivity index (χ4v) is 3.10. The van der Waals surface area contributed by atoms with Gasteiger partial charge in [-0.2, -0.15) is 0 Å². The van der Waals surface area contributed by atoms with Crippen molar-refractivity contribution in [3.8, 4) is 0 Å². The first-order chi connectivity index (χ1) is 8.42. The highest BCUT2D eigenvalue weighted by molar-refractivity contribution is 5.29. The molecule has 1 aromatic rings. The number of nitrogens with one attached hydrogen (secondary N) is 1. The summed E-state index contributed by atoms with van der Waals surface area (Å²) < 4.78 is 0. The fraction of sp³-hybridized carbons (Fsp3) is 0.600. The molecule has 0 aliphatic carbocycles. The number of hydrogen-bond donors (Lipinski definition) is 1. The van der Waals surface area contributed by atoms with Crippen molar-refractivity contribution in [2.75, 3.05) is 19.6 Å². The van der Waals surface area contributed by atoms with Crippen molar-refractivity contribution in [1.82, 2.24) is 10.2 Å². The molecule has 0 unspecified atom stereocenters. The minimum absolute atomic E-state index is 0.731. The first-order valence-corrected chi connectivity index (χ1v) is 6.94. The van der Waals surface area contributed by atoms with Crippen molar-refractivity contribution >= 4 is 0 Å². The van der Waals surface area contributed by atoms with Gasteiger partial charge in [0, 0.05) is 25.7 Å². The van der Waals surface area contributed by atoms with E-state index in [2.05, 4.69) is 34.5 Å². The van der Waals surface area contributed by atoms with Gasteiger partial charge in [-0.25, -0.2) is 0 Å². The Balaban J connectivity index is 1.60. The minimum atomic E-state index is 0.731. The quantitative estimate of drug-likeness (QED) is 0.838. The van der Waals surface area contributed by atoms with E-state index < -0.39 is 0 Å². The second kappa shape index (κ2) is 5.19. The van der Waals surface area contributed by atoms with Crippen molar-refractivity contribution in [3.05, 3.63) is 35.4 Å². The third-order valence-corrected chi connectivity index (χ3v) is 4.10. The van der Waals surface area contributed by atoms with Gasteiger partial charge < -0.3 is 5.32 Å². The Kier molecular flexibility index (Phi) is 3.44. The molecule has 3 rings (SSSR count). The van der Waals surface area contributed by atoms with Crippen molar-refractivity contribution in [1.29, 1.82) is 0 Å². The van der Waals surface area contributed by atoms with E-state index >= 15 is 0 Å². The lowest BCUT2D eigenvalue weighted by molar-refractivity contribution is 0.209. The van der Waals surface area contributed by atoms with Crippen LogP contribution in [0.1, 0.15) is 30.4 Å². The maximum absolute atomic E-state index is 3.65. The zero-order chi connectivity index (χ0) is 11.5. The molecule has 1 fully saturated rings. The van der Waals surface area contributed by atoms with Crippen LogP contribution in [0.25, 0.3) is 0 Å². The Morgan fingerprint density at radius 3 is 2.88 bits per heavy atom. The van der Waals surface area contributed by atoms with E-state index in [1.54, 1.807) is 5.56 Å². The third-order valence-electron chi connectivity index (χ3n) is 4.10. The van der Waals surface area contributed by atoms with Crippen LogP contribution in [-0.2, 0) is 13.0 Å². The maximum atomic E-state index is 3.65. The molecule has 2 heteroatoms. The molecule has 1 saturated heterocycles. The van der Waals surface area contributed by atoms with Crippen molar-refractivity contribution in [2.45, 2.75) is 38.3 Å². The summed E-state index contributed by atoms with van der Waals surface area (Å²) in [5, 5.41) is 3.65. The van der Waals surface area contributed by atoms with Crippen molar-refractivity contribution in [2.24, 2.45) is 0 Å². The third kappa shape index (κ3) is 2.70. The molecular weight excluding hydrogens is 208 g/mol. The number of piperidine rings is 1. The Hall–Kier alpha value is -0.860. The summed E-state index contributed by atoms with van der Waals surface area (Å²) in [4.78, 5) is 2.62. The lowest BCUT2D eigenvalue weighted by Crippen LogP contribution is -2.45. The first-order valence-electron chi connectivity index (χ1n) is 6.94. The number of benzene rings is 1. The molecule has 2 nitrogen and oxygen atoms in total. The van der Waals surface area contributed by atoms with Gasteiger partial charge >= 0.3 is 0 Å². The molecule has 0 spiro atoms. The number of rotatable bonds is 2. The van der Waals surface area contributed by atoms with E-state index in [0.29, 0.717) is 0 Å². The van der Waals surface area contributed by atoms with Gasteiger partial charge in [0.25, 0.3) is 0 Å². The normalized spacial score (nSPS) is 25.5. The zero-order valence-corrected chi connectivity index (χ0v) is 10.5. The predicted molar refractivity (Wildman–Crippen MR) is 71.1 cm³/mol. The highest BCUT2D eigenvalue weighted by Gasteiger charge is 2.20. The van der Waals surface area contributed by atoms with Crippen LogP contribution in [0.15, 0.2) is 24.3 Å². The van der Waals surface area contributed by atoms with E-state index in [1.165, 1.54) is 50.9 Å². The molecule has 0 radical (unpaired) electrons. The van der Waals surface area contributed by atoms with Crippen molar-refractivity contribution in [3.63, 3.8) is 0 Å². The van der Waals surface area contributed by atoms with Crippen LogP contribution in [0.5, 0.6) is 0 Å². The molecule has 2 aliphatic heterocycles. The van der Waals surface area contributed by atoms with E-state index in [-0.39, 0.29) is 0 Å². The van der Waals surface area contributed by atoms with Crippen LogP contribution in [0, 0.1) is 0 Å². The minimum Gasteiger partial charge on any atom is -0.313 e. The largest absolute Gasteiger partial charge is 0.313 e. The molecule has 0 saturated carbocycles. The van der Waals surface area contributed by atoms with Crippen LogP contribution < -0.4 is 5.32 Å². The molecule has 92 valence electrons. The molecule has 1 N–H and O–H groups in total. The summed E-state index contributed by atoms with van der Waals surface area (Å²) in [7, 11) is 0. The SMILES string of the molecule is c1ccc2c(c1)CCN(C[C@H]1CCCCN1)C2. The first kappa shape index (κ1) is 11.2. The van der Waals surface area contributed by atoms with Crippen LogP contribution in [0.4, 0.5) is 0 Å². The summed E-state index contributed by atoms with van der Waals surface area (Å²) >= 11 is 0. The van der Waals surface area contributed by atoms with Gasteiger partial charge in [0.15, 0.2) is 0 Å². The highest BCUT2D eigenvalue weighted by Crippen LogP contribution is 2.19.